The minimum atomic E-state index is -0.170. The van der Waals surface area contributed by atoms with Crippen molar-refractivity contribution < 1.29 is 14.6 Å². The molecule has 3 rings (SSSR count). The zero-order valence-electron chi connectivity index (χ0n) is 16.7. The lowest BCUT2D eigenvalue weighted by Crippen LogP contribution is -2.26. The van der Waals surface area contributed by atoms with Gasteiger partial charge in [-0.1, -0.05) is 63.1 Å². The fraction of sp³-hybridized carbons (Fsp3) is 0.625. The Kier molecular flexibility index (Phi) is 7.26. The van der Waals surface area contributed by atoms with Crippen LogP contribution in [0.4, 0.5) is 0 Å². The molecular formula is C24H34O3. The lowest BCUT2D eigenvalue weighted by Gasteiger charge is -2.26. The molecule has 1 aromatic rings. The molecule has 2 bridgehead atoms. The Morgan fingerprint density at radius 3 is 2.70 bits per heavy atom. The molecule has 148 valence electrons. The summed E-state index contributed by atoms with van der Waals surface area (Å²) < 4.78 is 6.15. The molecule has 2 aliphatic rings. The van der Waals surface area contributed by atoms with Gasteiger partial charge >= 0.3 is 0 Å². The number of carbonyl (C=O) groups excluding carboxylic acids is 1. The second-order valence-corrected chi connectivity index (χ2v) is 8.30. The zero-order valence-corrected chi connectivity index (χ0v) is 16.7. The first kappa shape index (κ1) is 20.3. The van der Waals surface area contributed by atoms with Gasteiger partial charge in [0, 0.05) is 11.8 Å². The SMILES string of the molecule is CCC[C@H](O)CCC[C@@H]1[C@H](C=CC(=O)C(C)c2ccccc2)C2CC[C@H]1O2. The van der Waals surface area contributed by atoms with Crippen LogP contribution in [0, 0.1) is 11.8 Å². The van der Waals surface area contributed by atoms with Gasteiger partial charge in [-0.3, -0.25) is 4.79 Å². The van der Waals surface area contributed by atoms with Gasteiger partial charge in [0.15, 0.2) is 5.78 Å². The van der Waals surface area contributed by atoms with Gasteiger partial charge in [-0.25, -0.2) is 0 Å². The molecule has 3 nitrogen and oxygen atoms in total. The molecular weight excluding hydrogens is 336 g/mol. The van der Waals surface area contributed by atoms with Gasteiger partial charge in [0.1, 0.15) is 0 Å². The number of aliphatic hydroxyl groups is 1. The Bertz CT molecular complexity index is 624. The largest absolute Gasteiger partial charge is 0.393 e. The van der Waals surface area contributed by atoms with E-state index in [2.05, 4.69) is 13.0 Å². The molecule has 1 N–H and O–H groups in total. The van der Waals surface area contributed by atoms with E-state index in [0.29, 0.717) is 17.9 Å². The van der Waals surface area contributed by atoms with Crippen molar-refractivity contribution in [2.24, 2.45) is 11.8 Å². The number of hydrogen-bond donors (Lipinski definition) is 1. The quantitative estimate of drug-likeness (QED) is 0.587. The van der Waals surface area contributed by atoms with Crippen LogP contribution >= 0.6 is 0 Å². The topological polar surface area (TPSA) is 46.5 Å². The molecule has 3 heteroatoms. The molecule has 1 aromatic carbocycles. The van der Waals surface area contributed by atoms with Crippen molar-refractivity contribution in [3.63, 3.8) is 0 Å². The normalized spacial score (nSPS) is 29.3. The number of benzene rings is 1. The summed E-state index contributed by atoms with van der Waals surface area (Å²) in [5.74, 6) is 0.901. The third-order valence-electron chi connectivity index (χ3n) is 6.39. The molecule has 0 amide bonds. The summed E-state index contributed by atoms with van der Waals surface area (Å²) in [6.07, 6.45) is 11.5. The minimum Gasteiger partial charge on any atom is -0.393 e. The van der Waals surface area contributed by atoms with Crippen LogP contribution in [0.3, 0.4) is 0 Å². The molecule has 0 aromatic heterocycles. The molecule has 2 aliphatic heterocycles. The molecule has 2 unspecified atom stereocenters. The van der Waals surface area contributed by atoms with Gasteiger partial charge in [0.2, 0.25) is 0 Å². The van der Waals surface area contributed by atoms with Crippen LogP contribution in [0.25, 0.3) is 0 Å². The molecule has 2 heterocycles. The fourth-order valence-corrected chi connectivity index (χ4v) is 4.78. The number of carbonyl (C=O) groups is 1. The van der Waals surface area contributed by atoms with E-state index in [1.165, 1.54) is 0 Å². The van der Waals surface area contributed by atoms with Crippen molar-refractivity contribution in [1.29, 1.82) is 0 Å². The number of hydrogen-bond acceptors (Lipinski definition) is 3. The average Bonchev–Trinajstić information content (AvgIpc) is 3.28. The van der Waals surface area contributed by atoms with Gasteiger partial charge in [0.05, 0.1) is 18.3 Å². The van der Waals surface area contributed by atoms with Crippen molar-refractivity contribution in [3.8, 4) is 0 Å². The maximum absolute atomic E-state index is 12.6. The second kappa shape index (κ2) is 9.66. The molecule has 2 fully saturated rings. The number of ether oxygens (including phenoxy) is 1. The van der Waals surface area contributed by atoms with E-state index in [-0.39, 0.29) is 23.9 Å². The molecule has 0 saturated carbocycles. The van der Waals surface area contributed by atoms with Crippen LogP contribution in [-0.4, -0.2) is 29.2 Å². The van der Waals surface area contributed by atoms with Gasteiger partial charge in [-0.05, 0) is 49.7 Å². The van der Waals surface area contributed by atoms with Crippen LogP contribution < -0.4 is 0 Å². The summed E-state index contributed by atoms with van der Waals surface area (Å²) in [5.41, 5.74) is 1.07. The summed E-state index contributed by atoms with van der Waals surface area (Å²) in [7, 11) is 0. The Balaban J connectivity index is 1.56. The van der Waals surface area contributed by atoms with Gasteiger partial charge in [0.25, 0.3) is 0 Å². The number of fused-ring (bicyclic) bond motifs is 2. The van der Waals surface area contributed by atoms with E-state index < -0.39 is 0 Å². The van der Waals surface area contributed by atoms with E-state index >= 15 is 0 Å². The molecule has 6 atom stereocenters. The predicted molar refractivity (Wildman–Crippen MR) is 109 cm³/mol. The standard InChI is InChI=1S/C24H34O3/c1-3-8-19(25)11-7-12-20-21(24-16-15-23(20)27-24)13-14-22(26)17(2)18-9-5-4-6-10-18/h4-6,9-10,13-14,17,19-21,23-25H,3,7-8,11-12,15-16H2,1-2H3/t17?,19-,20+,21-,23+,24?/m0/s1. The fourth-order valence-electron chi connectivity index (χ4n) is 4.78. The lowest BCUT2D eigenvalue weighted by atomic mass is 9.76. The molecule has 27 heavy (non-hydrogen) atoms. The monoisotopic (exact) mass is 370 g/mol. The van der Waals surface area contributed by atoms with Crippen molar-refractivity contribution in [1.82, 2.24) is 0 Å². The first-order valence-electron chi connectivity index (χ1n) is 10.7. The highest BCUT2D eigenvalue weighted by Gasteiger charge is 2.47. The predicted octanol–water partition coefficient (Wildman–Crippen LogP) is 5.04. The third kappa shape index (κ3) is 5.08. The van der Waals surface area contributed by atoms with Crippen LogP contribution in [0.15, 0.2) is 42.5 Å². The van der Waals surface area contributed by atoms with Crippen molar-refractivity contribution >= 4 is 5.78 Å². The Labute approximate surface area is 163 Å². The van der Waals surface area contributed by atoms with Gasteiger partial charge < -0.3 is 9.84 Å². The summed E-state index contributed by atoms with van der Waals surface area (Å²) in [5, 5.41) is 9.98. The third-order valence-corrected chi connectivity index (χ3v) is 6.39. The number of rotatable bonds is 10. The number of allylic oxidation sites excluding steroid dienone is 1. The van der Waals surface area contributed by atoms with E-state index in [9.17, 15) is 9.90 Å². The smallest absolute Gasteiger partial charge is 0.162 e. The van der Waals surface area contributed by atoms with Crippen molar-refractivity contribution in [2.45, 2.75) is 83.0 Å². The van der Waals surface area contributed by atoms with E-state index in [1.54, 1.807) is 6.08 Å². The Morgan fingerprint density at radius 2 is 1.96 bits per heavy atom. The van der Waals surface area contributed by atoms with Crippen LogP contribution in [0.5, 0.6) is 0 Å². The lowest BCUT2D eigenvalue weighted by molar-refractivity contribution is -0.115. The van der Waals surface area contributed by atoms with E-state index in [0.717, 1.165) is 50.5 Å². The maximum atomic E-state index is 12.6. The Morgan fingerprint density at radius 1 is 1.22 bits per heavy atom. The second-order valence-electron chi connectivity index (χ2n) is 8.30. The van der Waals surface area contributed by atoms with Crippen LogP contribution in [-0.2, 0) is 9.53 Å². The van der Waals surface area contributed by atoms with E-state index in [1.807, 2.05) is 37.3 Å². The highest BCUT2D eigenvalue weighted by atomic mass is 16.5. The van der Waals surface area contributed by atoms with Crippen LogP contribution in [0.2, 0.25) is 0 Å². The summed E-state index contributed by atoms with van der Waals surface area (Å²) in [6, 6.07) is 9.97. The van der Waals surface area contributed by atoms with Crippen LogP contribution in [0.1, 0.15) is 70.3 Å². The van der Waals surface area contributed by atoms with E-state index in [4.69, 9.17) is 4.74 Å². The molecule has 0 spiro atoms. The summed E-state index contributed by atoms with van der Waals surface area (Å²) in [6.45, 7) is 4.09. The number of aliphatic hydroxyl groups excluding tert-OH is 1. The highest BCUT2D eigenvalue weighted by Crippen LogP contribution is 2.46. The highest BCUT2D eigenvalue weighted by molar-refractivity contribution is 5.95. The number of ketones is 1. The zero-order chi connectivity index (χ0) is 19.2. The summed E-state index contributed by atoms with van der Waals surface area (Å²) in [4.78, 5) is 12.6. The first-order valence-corrected chi connectivity index (χ1v) is 10.7. The Hall–Kier alpha value is -1.45. The molecule has 2 saturated heterocycles. The first-order chi connectivity index (χ1) is 13.1. The maximum Gasteiger partial charge on any atom is 0.162 e. The molecule has 0 aliphatic carbocycles. The minimum absolute atomic E-state index is 0.107. The molecule has 0 radical (unpaired) electrons. The van der Waals surface area contributed by atoms with Gasteiger partial charge in [-0.15, -0.1) is 0 Å². The average molecular weight is 371 g/mol. The summed E-state index contributed by atoms with van der Waals surface area (Å²) >= 11 is 0. The van der Waals surface area contributed by atoms with Crippen molar-refractivity contribution in [3.05, 3.63) is 48.0 Å². The van der Waals surface area contributed by atoms with Crippen molar-refractivity contribution in [2.75, 3.05) is 0 Å². The van der Waals surface area contributed by atoms with Gasteiger partial charge in [-0.2, -0.15) is 0 Å².